The second-order valence-corrected chi connectivity index (χ2v) is 4.72. The van der Waals surface area contributed by atoms with E-state index in [0.29, 0.717) is 5.69 Å². The average Bonchev–Trinajstić information content (AvgIpc) is 3.12. The quantitative estimate of drug-likeness (QED) is 0.801. The smallest absolute Gasteiger partial charge is 0.291 e. The van der Waals surface area contributed by atoms with Gasteiger partial charge in [-0.05, 0) is 38.1 Å². The van der Waals surface area contributed by atoms with Crippen LogP contribution in [0.3, 0.4) is 0 Å². The highest BCUT2D eigenvalue weighted by atomic mass is 16.3. The van der Waals surface area contributed by atoms with Crippen molar-refractivity contribution in [1.29, 1.82) is 0 Å². The summed E-state index contributed by atoms with van der Waals surface area (Å²) in [5.74, 6) is 0.0000674. The zero-order valence-corrected chi connectivity index (χ0v) is 11.8. The highest BCUT2D eigenvalue weighted by Crippen LogP contribution is 2.23. The van der Waals surface area contributed by atoms with Gasteiger partial charge in [-0.2, -0.15) is 5.10 Å². The Bertz CT molecular complexity index is 758. The molecule has 2 aromatic heterocycles. The zero-order chi connectivity index (χ0) is 14.8. The van der Waals surface area contributed by atoms with E-state index in [-0.39, 0.29) is 11.7 Å². The van der Waals surface area contributed by atoms with Gasteiger partial charge in [0.2, 0.25) is 0 Å². The Morgan fingerprint density at radius 3 is 2.57 bits per heavy atom. The number of amides is 1. The molecule has 1 N–H and O–H groups in total. The molecule has 0 fully saturated rings. The molecular weight excluding hydrogens is 266 g/mol. The van der Waals surface area contributed by atoms with E-state index >= 15 is 0 Å². The summed E-state index contributed by atoms with van der Waals surface area (Å²) in [5.41, 5.74) is 3.30. The number of carbonyl (C=O) groups excluding carboxylic acids is 1. The number of aromatic nitrogens is 2. The van der Waals surface area contributed by atoms with E-state index in [1.807, 2.05) is 48.9 Å². The van der Waals surface area contributed by atoms with Crippen molar-refractivity contribution in [3.8, 4) is 5.69 Å². The minimum absolute atomic E-state index is 0.279. The third kappa shape index (κ3) is 2.45. The Morgan fingerprint density at radius 1 is 1.14 bits per heavy atom. The van der Waals surface area contributed by atoms with Crippen LogP contribution >= 0.6 is 0 Å². The fraction of sp³-hybridized carbons (Fsp3) is 0.125. The molecule has 0 aliphatic carbocycles. The van der Waals surface area contributed by atoms with E-state index in [9.17, 15) is 4.79 Å². The molecule has 0 saturated heterocycles. The lowest BCUT2D eigenvalue weighted by Crippen LogP contribution is -2.12. The number of carbonyl (C=O) groups is 1. The van der Waals surface area contributed by atoms with Gasteiger partial charge >= 0.3 is 0 Å². The minimum Gasteiger partial charge on any atom is -0.459 e. The van der Waals surface area contributed by atoms with Gasteiger partial charge in [0.1, 0.15) is 0 Å². The molecular formula is C16H15N3O2. The van der Waals surface area contributed by atoms with Crippen LogP contribution in [0.2, 0.25) is 0 Å². The molecule has 106 valence electrons. The lowest BCUT2D eigenvalue weighted by atomic mass is 10.3. The van der Waals surface area contributed by atoms with Crippen LogP contribution in [0, 0.1) is 13.8 Å². The van der Waals surface area contributed by atoms with Crippen LogP contribution in [0.1, 0.15) is 21.9 Å². The number of benzene rings is 1. The highest BCUT2D eigenvalue weighted by Gasteiger charge is 2.17. The number of para-hydroxylation sites is 1. The molecule has 0 aliphatic rings. The van der Waals surface area contributed by atoms with Crippen LogP contribution in [-0.2, 0) is 0 Å². The number of rotatable bonds is 3. The molecule has 1 aromatic carbocycles. The van der Waals surface area contributed by atoms with E-state index < -0.39 is 0 Å². The molecule has 3 rings (SSSR count). The topological polar surface area (TPSA) is 60.1 Å². The molecule has 0 radical (unpaired) electrons. The first-order valence-electron chi connectivity index (χ1n) is 6.63. The monoisotopic (exact) mass is 281 g/mol. The molecule has 5 nitrogen and oxygen atoms in total. The maximum Gasteiger partial charge on any atom is 0.291 e. The Balaban J connectivity index is 1.94. The molecule has 0 unspecified atom stereocenters. The third-order valence-corrected chi connectivity index (χ3v) is 3.28. The second-order valence-electron chi connectivity index (χ2n) is 4.72. The first kappa shape index (κ1) is 13.2. The van der Waals surface area contributed by atoms with Crippen LogP contribution in [0.5, 0.6) is 0 Å². The molecule has 0 spiro atoms. The normalized spacial score (nSPS) is 10.6. The molecule has 0 bridgehead atoms. The van der Waals surface area contributed by atoms with Gasteiger partial charge in [0.25, 0.3) is 5.91 Å². The highest BCUT2D eigenvalue weighted by molar-refractivity contribution is 6.02. The van der Waals surface area contributed by atoms with Crippen molar-refractivity contribution in [1.82, 2.24) is 9.78 Å². The molecule has 2 heterocycles. The van der Waals surface area contributed by atoms with Gasteiger partial charge in [-0.25, -0.2) is 4.68 Å². The number of nitrogens with one attached hydrogen (secondary N) is 1. The molecule has 21 heavy (non-hydrogen) atoms. The van der Waals surface area contributed by atoms with Crippen molar-refractivity contribution in [2.75, 3.05) is 5.32 Å². The van der Waals surface area contributed by atoms with Crippen molar-refractivity contribution in [2.24, 2.45) is 0 Å². The Labute approximate surface area is 122 Å². The molecule has 5 heteroatoms. The SMILES string of the molecule is Cc1nn(-c2ccccc2)c(C)c1NC(=O)c1ccco1. The Kier molecular flexibility index (Phi) is 3.31. The van der Waals surface area contributed by atoms with Crippen LogP contribution in [0.15, 0.2) is 53.1 Å². The van der Waals surface area contributed by atoms with Gasteiger partial charge in [0.05, 0.1) is 29.0 Å². The summed E-state index contributed by atoms with van der Waals surface area (Å²) in [6.07, 6.45) is 1.47. The van der Waals surface area contributed by atoms with Gasteiger partial charge in [-0.1, -0.05) is 18.2 Å². The Morgan fingerprint density at radius 2 is 1.90 bits per heavy atom. The predicted molar refractivity (Wildman–Crippen MR) is 79.7 cm³/mol. The van der Waals surface area contributed by atoms with Crippen molar-refractivity contribution in [3.05, 3.63) is 65.9 Å². The number of hydrogen-bond acceptors (Lipinski definition) is 3. The summed E-state index contributed by atoms with van der Waals surface area (Å²) in [6, 6.07) is 13.1. The fourth-order valence-corrected chi connectivity index (χ4v) is 2.23. The number of aryl methyl sites for hydroxylation is 1. The lowest BCUT2D eigenvalue weighted by molar-refractivity contribution is 0.0996. The maximum atomic E-state index is 12.1. The number of nitrogens with zero attached hydrogens (tertiary/aromatic N) is 2. The first-order chi connectivity index (χ1) is 10.2. The lowest BCUT2D eigenvalue weighted by Gasteiger charge is -2.06. The van der Waals surface area contributed by atoms with Crippen LogP contribution < -0.4 is 5.32 Å². The number of anilines is 1. The molecule has 3 aromatic rings. The second kappa shape index (κ2) is 5.28. The molecule has 0 saturated carbocycles. The van der Waals surface area contributed by atoms with Crippen LogP contribution in [0.4, 0.5) is 5.69 Å². The van der Waals surface area contributed by atoms with Crippen molar-refractivity contribution >= 4 is 11.6 Å². The number of hydrogen-bond donors (Lipinski definition) is 1. The van der Waals surface area contributed by atoms with Crippen molar-refractivity contribution < 1.29 is 9.21 Å². The molecule has 0 atom stereocenters. The fourth-order valence-electron chi connectivity index (χ4n) is 2.23. The summed E-state index contributed by atoms with van der Waals surface area (Å²) in [5, 5.41) is 7.34. The summed E-state index contributed by atoms with van der Waals surface area (Å²) < 4.78 is 6.91. The number of furan rings is 1. The largest absolute Gasteiger partial charge is 0.459 e. The van der Waals surface area contributed by atoms with Crippen molar-refractivity contribution in [2.45, 2.75) is 13.8 Å². The van der Waals surface area contributed by atoms with Gasteiger partial charge < -0.3 is 9.73 Å². The maximum absolute atomic E-state index is 12.1. The minimum atomic E-state index is -0.279. The third-order valence-electron chi connectivity index (χ3n) is 3.28. The molecule has 1 amide bonds. The summed E-state index contributed by atoms with van der Waals surface area (Å²) in [6.45, 7) is 3.79. The van der Waals surface area contributed by atoms with E-state index in [4.69, 9.17) is 4.42 Å². The summed E-state index contributed by atoms with van der Waals surface area (Å²) in [4.78, 5) is 12.1. The first-order valence-corrected chi connectivity index (χ1v) is 6.63. The predicted octanol–water partition coefficient (Wildman–Crippen LogP) is 3.33. The van der Waals surface area contributed by atoms with Crippen LogP contribution in [0.25, 0.3) is 5.69 Å². The van der Waals surface area contributed by atoms with Gasteiger partial charge in [0, 0.05) is 0 Å². The van der Waals surface area contributed by atoms with E-state index in [2.05, 4.69) is 10.4 Å². The van der Waals surface area contributed by atoms with Gasteiger partial charge in [-0.3, -0.25) is 4.79 Å². The summed E-state index contributed by atoms with van der Waals surface area (Å²) >= 11 is 0. The molecule has 0 aliphatic heterocycles. The Hall–Kier alpha value is -2.82. The zero-order valence-electron chi connectivity index (χ0n) is 11.8. The standard InChI is InChI=1S/C16H15N3O2/c1-11-15(17-16(20)14-9-6-10-21-14)12(2)19(18-11)13-7-4-3-5-8-13/h3-10H,1-2H3,(H,17,20). The average molecular weight is 281 g/mol. The van der Waals surface area contributed by atoms with Gasteiger partial charge in [-0.15, -0.1) is 0 Å². The van der Waals surface area contributed by atoms with E-state index in [1.165, 1.54) is 6.26 Å². The van der Waals surface area contributed by atoms with E-state index in [0.717, 1.165) is 17.1 Å². The van der Waals surface area contributed by atoms with Gasteiger partial charge in [0.15, 0.2) is 5.76 Å². The van der Waals surface area contributed by atoms with Crippen LogP contribution in [-0.4, -0.2) is 15.7 Å². The van der Waals surface area contributed by atoms with E-state index in [1.54, 1.807) is 12.1 Å². The van der Waals surface area contributed by atoms with Crippen molar-refractivity contribution in [3.63, 3.8) is 0 Å². The summed E-state index contributed by atoms with van der Waals surface area (Å²) in [7, 11) is 0.